The van der Waals surface area contributed by atoms with Crippen LogP contribution in [-0.4, -0.2) is 23.8 Å². The lowest BCUT2D eigenvalue weighted by atomic mass is 10.3. The van der Waals surface area contributed by atoms with E-state index >= 15 is 0 Å². The highest BCUT2D eigenvalue weighted by Gasteiger charge is 1.98. The van der Waals surface area contributed by atoms with Gasteiger partial charge in [-0.25, -0.2) is 0 Å². The highest BCUT2D eigenvalue weighted by Crippen LogP contribution is 1.94. The lowest BCUT2D eigenvalue weighted by Crippen LogP contribution is -2.22. The van der Waals surface area contributed by atoms with Crippen LogP contribution in [0, 0.1) is 0 Å². The molecule has 1 unspecified atom stereocenters. The van der Waals surface area contributed by atoms with Crippen molar-refractivity contribution in [2.45, 2.75) is 26.4 Å². The first-order valence-corrected chi connectivity index (χ1v) is 3.28. The van der Waals surface area contributed by atoms with Gasteiger partial charge in [0, 0.05) is 0 Å². The summed E-state index contributed by atoms with van der Waals surface area (Å²) in [6.07, 6.45) is 1.10. The second kappa shape index (κ2) is 5.05. The first kappa shape index (κ1) is 9.23. The molecular weight excluding hydrogens is 132 g/mol. The molecule has 10 heavy (non-hydrogen) atoms. The Morgan fingerprint density at radius 2 is 2.40 bits per heavy atom. The van der Waals surface area contributed by atoms with Crippen LogP contribution >= 0.6 is 0 Å². The smallest absolute Gasteiger partial charge is 0.165 e. The Morgan fingerprint density at radius 1 is 1.80 bits per heavy atom. The Bertz CT molecular complexity index is 114. The molecule has 4 nitrogen and oxygen atoms in total. The quantitative estimate of drug-likeness (QED) is 0.263. The molecular formula is C6H14N2O2. The van der Waals surface area contributed by atoms with Gasteiger partial charge in [0.1, 0.15) is 6.61 Å². The first-order chi connectivity index (χ1) is 4.70. The summed E-state index contributed by atoms with van der Waals surface area (Å²) in [4.78, 5) is 0. The van der Waals surface area contributed by atoms with Crippen LogP contribution in [0.1, 0.15) is 20.3 Å². The van der Waals surface area contributed by atoms with Crippen LogP contribution in [0.25, 0.3) is 0 Å². The summed E-state index contributed by atoms with van der Waals surface area (Å²) in [5.41, 5.74) is 5.15. The molecule has 0 aliphatic carbocycles. The van der Waals surface area contributed by atoms with E-state index in [2.05, 4.69) is 5.16 Å². The fraction of sp³-hybridized carbons (Fsp3) is 0.833. The van der Waals surface area contributed by atoms with Gasteiger partial charge in [-0.3, -0.25) is 0 Å². The lowest BCUT2D eigenvalue weighted by Gasteiger charge is -2.08. The van der Waals surface area contributed by atoms with Gasteiger partial charge in [-0.05, 0) is 13.3 Å². The van der Waals surface area contributed by atoms with Crippen molar-refractivity contribution < 1.29 is 9.94 Å². The fourth-order valence-corrected chi connectivity index (χ4v) is 0.374. The summed E-state index contributed by atoms with van der Waals surface area (Å²) >= 11 is 0. The normalized spacial score (nSPS) is 15.2. The second-order valence-electron chi connectivity index (χ2n) is 2.12. The molecule has 0 aromatic heterocycles. The zero-order chi connectivity index (χ0) is 7.98. The second-order valence-corrected chi connectivity index (χ2v) is 2.12. The Kier molecular flexibility index (Phi) is 4.66. The van der Waals surface area contributed by atoms with E-state index in [9.17, 15) is 0 Å². The predicted molar refractivity (Wildman–Crippen MR) is 39.1 cm³/mol. The molecule has 0 rings (SSSR count). The summed E-state index contributed by atoms with van der Waals surface area (Å²) in [7, 11) is 0. The number of hydrogen-bond donors (Lipinski definition) is 2. The topological polar surface area (TPSA) is 67.8 Å². The summed E-state index contributed by atoms with van der Waals surface area (Å²) in [6, 6.07) is 0. The monoisotopic (exact) mass is 146 g/mol. The van der Waals surface area contributed by atoms with Gasteiger partial charge in [-0.1, -0.05) is 12.1 Å². The zero-order valence-electron chi connectivity index (χ0n) is 6.37. The van der Waals surface area contributed by atoms with Gasteiger partial charge in [-0.15, -0.1) is 0 Å². The lowest BCUT2D eigenvalue weighted by molar-refractivity contribution is 0.0912. The van der Waals surface area contributed by atoms with Gasteiger partial charge in [0.15, 0.2) is 5.84 Å². The SMILES string of the molecule is CCC(C)OC/C(N)=N/O. The van der Waals surface area contributed by atoms with Gasteiger partial charge in [0.2, 0.25) is 0 Å². The summed E-state index contributed by atoms with van der Waals surface area (Å²) in [5, 5.41) is 10.9. The average Bonchev–Trinajstić information content (AvgIpc) is 1.99. The minimum atomic E-state index is 0.111. The number of hydrogen-bond acceptors (Lipinski definition) is 3. The predicted octanol–water partition coefficient (Wildman–Crippen LogP) is 0.548. The maximum Gasteiger partial charge on any atom is 0.165 e. The van der Waals surface area contributed by atoms with Gasteiger partial charge in [0.25, 0.3) is 0 Å². The molecule has 0 bridgehead atoms. The van der Waals surface area contributed by atoms with Crippen molar-refractivity contribution in [3.05, 3.63) is 0 Å². The van der Waals surface area contributed by atoms with Crippen LogP contribution in [0.3, 0.4) is 0 Å². The Balaban J connectivity index is 3.35. The zero-order valence-corrected chi connectivity index (χ0v) is 6.37. The van der Waals surface area contributed by atoms with Crippen LogP contribution < -0.4 is 5.73 Å². The van der Waals surface area contributed by atoms with Gasteiger partial charge < -0.3 is 15.7 Å². The van der Waals surface area contributed by atoms with Crippen molar-refractivity contribution in [3.63, 3.8) is 0 Å². The number of nitrogens with two attached hydrogens (primary N) is 1. The van der Waals surface area contributed by atoms with Crippen molar-refractivity contribution in [2.75, 3.05) is 6.61 Å². The summed E-state index contributed by atoms with van der Waals surface area (Å²) in [5.74, 6) is 0.111. The van der Waals surface area contributed by atoms with E-state index in [4.69, 9.17) is 15.7 Å². The number of oxime groups is 1. The van der Waals surface area contributed by atoms with E-state index in [0.717, 1.165) is 6.42 Å². The van der Waals surface area contributed by atoms with Gasteiger partial charge >= 0.3 is 0 Å². The van der Waals surface area contributed by atoms with Crippen LogP contribution in [0.2, 0.25) is 0 Å². The molecule has 0 amide bonds. The Hall–Kier alpha value is -0.770. The number of nitrogens with zero attached hydrogens (tertiary/aromatic N) is 1. The third-order valence-electron chi connectivity index (χ3n) is 1.22. The molecule has 0 saturated carbocycles. The molecule has 0 heterocycles. The van der Waals surface area contributed by atoms with E-state index in [1.165, 1.54) is 0 Å². The Labute approximate surface area is 60.7 Å². The minimum absolute atomic E-state index is 0.111. The fourth-order valence-electron chi connectivity index (χ4n) is 0.374. The Morgan fingerprint density at radius 3 is 2.80 bits per heavy atom. The highest BCUT2D eigenvalue weighted by molar-refractivity contribution is 5.80. The maximum absolute atomic E-state index is 8.10. The highest BCUT2D eigenvalue weighted by atomic mass is 16.5. The van der Waals surface area contributed by atoms with Crippen LogP contribution in [-0.2, 0) is 4.74 Å². The van der Waals surface area contributed by atoms with E-state index in [1.807, 2.05) is 13.8 Å². The molecule has 1 atom stereocenters. The van der Waals surface area contributed by atoms with Crippen molar-refractivity contribution in [3.8, 4) is 0 Å². The molecule has 60 valence electrons. The van der Waals surface area contributed by atoms with E-state index in [-0.39, 0.29) is 18.5 Å². The van der Waals surface area contributed by atoms with E-state index in [1.54, 1.807) is 0 Å². The summed E-state index contributed by atoms with van der Waals surface area (Å²) < 4.78 is 5.13. The molecule has 0 saturated heterocycles. The standard InChI is InChI=1S/C6H14N2O2/c1-3-5(2)10-4-6(7)8-9/h5,9H,3-4H2,1-2H3,(H2,7,8). The van der Waals surface area contributed by atoms with Gasteiger partial charge in [-0.2, -0.15) is 0 Å². The molecule has 0 aromatic rings. The summed E-state index contributed by atoms with van der Waals surface area (Å²) in [6.45, 7) is 4.15. The maximum atomic E-state index is 8.10. The first-order valence-electron chi connectivity index (χ1n) is 3.28. The third-order valence-corrected chi connectivity index (χ3v) is 1.22. The van der Waals surface area contributed by atoms with Crippen LogP contribution in [0.5, 0.6) is 0 Å². The van der Waals surface area contributed by atoms with E-state index in [0.29, 0.717) is 0 Å². The van der Waals surface area contributed by atoms with Crippen molar-refractivity contribution in [1.29, 1.82) is 0 Å². The van der Waals surface area contributed by atoms with Crippen molar-refractivity contribution in [2.24, 2.45) is 10.9 Å². The van der Waals surface area contributed by atoms with Crippen molar-refractivity contribution in [1.82, 2.24) is 0 Å². The molecule has 0 radical (unpaired) electrons. The number of amidine groups is 1. The third kappa shape index (κ3) is 4.14. The van der Waals surface area contributed by atoms with E-state index < -0.39 is 0 Å². The van der Waals surface area contributed by atoms with Gasteiger partial charge in [0.05, 0.1) is 6.10 Å². The number of rotatable bonds is 4. The van der Waals surface area contributed by atoms with Crippen LogP contribution in [0.4, 0.5) is 0 Å². The molecule has 0 aliphatic heterocycles. The minimum Gasteiger partial charge on any atom is -0.409 e. The molecule has 3 N–H and O–H groups in total. The molecule has 0 spiro atoms. The number of ether oxygens (including phenoxy) is 1. The molecule has 0 fully saturated rings. The molecule has 0 aliphatic rings. The van der Waals surface area contributed by atoms with Crippen LogP contribution in [0.15, 0.2) is 5.16 Å². The molecule has 4 heteroatoms. The van der Waals surface area contributed by atoms with Crippen molar-refractivity contribution >= 4 is 5.84 Å². The average molecular weight is 146 g/mol. The molecule has 0 aromatic carbocycles. The largest absolute Gasteiger partial charge is 0.409 e.